The van der Waals surface area contributed by atoms with Gasteiger partial charge in [-0.15, -0.1) is 0 Å². The van der Waals surface area contributed by atoms with E-state index in [0.717, 1.165) is 0 Å². The first-order valence-electron chi connectivity index (χ1n) is 22.3. The summed E-state index contributed by atoms with van der Waals surface area (Å²) >= 11 is 0. The lowest BCUT2D eigenvalue weighted by atomic mass is 9.82. The van der Waals surface area contributed by atoms with Crippen LogP contribution in [0.1, 0.15) is 79.1 Å². The first-order valence-corrected chi connectivity index (χ1v) is 22.3. The minimum absolute atomic E-state index is 0.107. The summed E-state index contributed by atoms with van der Waals surface area (Å²) in [4.78, 5) is 25.1. The van der Waals surface area contributed by atoms with Crippen molar-refractivity contribution in [1.29, 1.82) is 0 Å². The van der Waals surface area contributed by atoms with Crippen molar-refractivity contribution in [1.82, 2.24) is 0 Å². The van der Waals surface area contributed by atoms with Crippen molar-refractivity contribution < 1.29 is 84.7 Å². The lowest BCUT2D eigenvalue weighted by Crippen LogP contribution is -2.61. The van der Waals surface area contributed by atoms with Crippen LogP contribution in [0.4, 0.5) is 0 Å². The monoisotopic (exact) mass is 923 g/mol. The lowest BCUT2D eigenvalue weighted by Gasteiger charge is -2.45. The Balaban J connectivity index is 1.86. The maximum atomic E-state index is 12.6. The maximum absolute atomic E-state index is 12.6. The lowest BCUT2D eigenvalue weighted by molar-refractivity contribution is -0.308. The van der Waals surface area contributed by atoms with Crippen LogP contribution in [0.15, 0.2) is 85.1 Å². The molecule has 0 aromatic heterocycles. The zero-order valence-electron chi connectivity index (χ0n) is 37.6. The molecule has 2 saturated heterocycles. The molecule has 18 heteroatoms. The van der Waals surface area contributed by atoms with Crippen molar-refractivity contribution in [2.75, 3.05) is 0 Å². The van der Waals surface area contributed by atoms with E-state index in [1.54, 1.807) is 80.7 Å². The average Bonchev–Trinajstić information content (AvgIpc) is 3.21. The molecule has 368 valence electrons. The van der Waals surface area contributed by atoms with E-state index >= 15 is 0 Å². The number of carbonyl (C=O) groups is 2. The normalized spacial score (nSPS) is 45.0. The quantitative estimate of drug-likeness (QED) is 0.174. The molecule has 3 aliphatic rings. The molecule has 2 fully saturated rings. The summed E-state index contributed by atoms with van der Waals surface area (Å²) in [5.41, 5.74) is 6.02. The maximum Gasteiger partial charge on any atom is 0.311 e. The van der Waals surface area contributed by atoms with Crippen LogP contribution in [0.3, 0.4) is 0 Å². The van der Waals surface area contributed by atoms with Gasteiger partial charge in [-0.3, -0.25) is 9.59 Å². The predicted octanol–water partition coefficient (Wildman–Crippen LogP) is 0.712. The largest absolute Gasteiger partial charge is 0.481 e. The molecule has 3 aliphatic heterocycles. The number of nitrogens with two attached hydrogens (primary N) is 1. The molecular formula is C47H73NO17. The smallest absolute Gasteiger partial charge is 0.311 e. The van der Waals surface area contributed by atoms with E-state index in [-0.39, 0.29) is 31.6 Å². The van der Waals surface area contributed by atoms with E-state index in [4.69, 9.17) is 24.7 Å². The molecule has 3 rings (SSSR count). The van der Waals surface area contributed by atoms with Gasteiger partial charge in [-0.25, -0.2) is 0 Å². The van der Waals surface area contributed by atoms with Crippen molar-refractivity contribution in [3.8, 4) is 0 Å². The Morgan fingerprint density at radius 2 is 1.23 bits per heavy atom. The van der Waals surface area contributed by atoms with Gasteiger partial charge in [0.25, 0.3) is 0 Å². The second kappa shape index (κ2) is 27.4. The average molecular weight is 924 g/mol. The number of carboxylic acids is 1. The summed E-state index contributed by atoms with van der Waals surface area (Å²) in [7, 11) is 0. The van der Waals surface area contributed by atoms with E-state index in [9.17, 15) is 65.8 Å². The van der Waals surface area contributed by atoms with E-state index < -0.39 is 147 Å². The number of hydrogen-bond acceptors (Lipinski definition) is 17. The molecule has 0 unspecified atom stereocenters. The second-order valence-electron chi connectivity index (χ2n) is 17.6. The number of hydrogen-bond donors (Lipinski definition) is 12. The highest BCUT2D eigenvalue weighted by Gasteiger charge is 2.51. The first-order chi connectivity index (χ1) is 30.6. The van der Waals surface area contributed by atoms with Crippen molar-refractivity contribution >= 4 is 11.9 Å². The number of aliphatic carboxylic acids is 1. The van der Waals surface area contributed by atoms with Gasteiger partial charge in [0.15, 0.2) is 12.1 Å². The molecule has 0 spiro atoms. The minimum atomic E-state index is -2.33. The fourth-order valence-electron chi connectivity index (χ4n) is 7.97. The van der Waals surface area contributed by atoms with Crippen LogP contribution >= 0.6 is 0 Å². The highest BCUT2D eigenvalue weighted by atomic mass is 16.7. The van der Waals surface area contributed by atoms with Gasteiger partial charge >= 0.3 is 11.9 Å². The summed E-state index contributed by atoms with van der Waals surface area (Å²) < 4.78 is 23.1. The van der Waals surface area contributed by atoms with Crippen molar-refractivity contribution in [3.05, 3.63) is 85.1 Å². The molecule has 19 atom stereocenters. The molecule has 2 bridgehead atoms. The zero-order chi connectivity index (χ0) is 48.4. The molecule has 0 radical (unpaired) electrons. The number of carboxylic acid groups (broad SMARTS) is 1. The third kappa shape index (κ3) is 18.6. The van der Waals surface area contributed by atoms with Gasteiger partial charge in [0.2, 0.25) is 0 Å². The number of allylic oxidation sites excluding steroid dienone is 12. The van der Waals surface area contributed by atoms with E-state index in [2.05, 4.69) is 0 Å². The number of aliphatic hydroxyl groups is 10. The van der Waals surface area contributed by atoms with Crippen LogP contribution in [0.5, 0.6) is 0 Å². The molecule has 0 amide bonds. The van der Waals surface area contributed by atoms with Gasteiger partial charge in [0, 0.05) is 37.5 Å². The number of cyclic esters (lactones) is 1. The zero-order valence-corrected chi connectivity index (χ0v) is 37.6. The number of fused-ring (bicyclic) bond motifs is 2. The molecule has 3 heterocycles. The van der Waals surface area contributed by atoms with Gasteiger partial charge in [-0.2, -0.15) is 0 Å². The third-order valence-corrected chi connectivity index (χ3v) is 12.0. The Bertz CT molecular complexity index is 1670. The second-order valence-corrected chi connectivity index (χ2v) is 17.6. The fourth-order valence-corrected chi connectivity index (χ4v) is 7.97. The van der Waals surface area contributed by atoms with Gasteiger partial charge in [-0.05, 0) is 33.1 Å². The van der Waals surface area contributed by atoms with Crippen molar-refractivity contribution in [3.63, 3.8) is 0 Å². The molecule has 0 aromatic rings. The van der Waals surface area contributed by atoms with Gasteiger partial charge < -0.3 is 80.9 Å². The van der Waals surface area contributed by atoms with Crippen LogP contribution in [0.2, 0.25) is 0 Å². The minimum Gasteiger partial charge on any atom is -0.481 e. The summed E-state index contributed by atoms with van der Waals surface area (Å²) in [6.07, 6.45) is 3.46. The van der Waals surface area contributed by atoms with Crippen LogP contribution < -0.4 is 5.73 Å². The molecule has 0 aromatic carbocycles. The van der Waals surface area contributed by atoms with Gasteiger partial charge in [0.05, 0.1) is 79.6 Å². The number of rotatable bonds is 3. The van der Waals surface area contributed by atoms with Crippen LogP contribution in [-0.2, 0) is 28.5 Å². The SMILES string of the molecule is C[C@@H]1[C@H](O)[C@@H](C)\C=C/C=C\C=C/C=C\C=C/C=C\C=C[C@H](O[C@@H]2O[C@H](C)[C@@H](O)[C@H](N)[C@@H]2O)C[C@@H]2O[C@](O)(C[C@@H](O)C[C@@H](O)[C@H](O)CC[C@@H](O)C[C@@H](O)CC(=O)O[C@H]1C)C[C@H](O)[C@H]2C(=O)O. The molecule has 13 N–H and O–H groups in total. The Labute approximate surface area is 381 Å². The fraction of sp³-hybridized carbons (Fsp3) is 0.660. The molecular weight excluding hydrogens is 851 g/mol. The van der Waals surface area contributed by atoms with E-state index in [0.29, 0.717) is 0 Å². The van der Waals surface area contributed by atoms with Crippen molar-refractivity contribution in [2.24, 2.45) is 23.5 Å². The summed E-state index contributed by atoms with van der Waals surface area (Å²) in [5.74, 6) is -6.83. The molecule has 65 heavy (non-hydrogen) atoms. The number of esters is 1. The standard InChI is InChI=1S/C47H73NO17/c1-27-17-15-13-11-9-7-5-6-8-10-12-14-16-18-34(64-46-44(58)41(48)43(57)30(4)63-46)24-38-40(45(59)60)37(54)26-47(61,65-38)25-33(51)22-36(53)35(52)20-19-31(49)21-32(50)23-39(55)62-29(3)28(2)42(27)56/h5-18,27-38,40-44,46,49-54,56-58,61H,19-26,48H2,1-4H3,(H,59,60)/b6-5-,9-7-,10-8-,13-11-,14-12-,17-15-,18-16?/t27-,28-,29-,30+,31+,32+,33-,34-,35+,36+,37-,38-,40+,41-,42+,43+,44-,46-,47+/m0/s1. The summed E-state index contributed by atoms with van der Waals surface area (Å²) in [5, 5.41) is 118. The third-order valence-electron chi connectivity index (χ3n) is 12.0. The van der Waals surface area contributed by atoms with Crippen LogP contribution in [0.25, 0.3) is 0 Å². The van der Waals surface area contributed by atoms with E-state index in [1.807, 2.05) is 19.1 Å². The number of carbonyl (C=O) groups excluding carboxylic acids is 1. The Hall–Kier alpha value is -3.44. The first kappa shape index (κ1) is 55.9. The Kier molecular flexibility index (Phi) is 23.6. The van der Waals surface area contributed by atoms with Crippen molar-refractivity contribution in [2.45, 2.75) is 177 Å². The number of aliphatic hydroxyl groups excluding tert-OH is 9. The highest BCUT2D eigenvalue weighted by molar-refractivity contribution is 5.71. The van der Waals surface area contributed by atoms with E-state index in [1.165, 1.54) is 13.0 Å². The van der Waals surface area contributed by atoms with Crippen LogP contribution in [0, 0.1) is 17.8 Å². The molecule has 0 aliphatic carbocycles. The highest BCUT2D eigenvalue weighted by Crippen LogP contribution is 2.38. The van der Waals surface area contributed by atoms with Crippen LogP contribution in [-0.4, -0.2) is 166 Å². The Morgan fingerprint density at radius 3 is 1.82 bits per heavy atom. The summed E-state index contributed by atoms with van der Waals surface area (Å²) in [6, 6.07) is -1.15. The molecule has 0 saturated carbocycles. The Morgan fingerprint density at radius 1 is 0.662 bits per heavy atom. The summed E-state index contributed by atoms with van der Waals surface area (Å²) in [6.45, 7) is 6.74. The van der Waals surface area contributed by atoms with Gasteiger partial charge in [-0.1, -0.05) is 98.9 Å². The van der Waals surface area contributed by atoms with Gasteiger partial charge in [0.1, 0.15) is 18.1 Å². The number of ether oxygens (including phenoxy) is 4. The predicted molar refractivity (Wildman–Crippen MR) is 237 cm³/mol. The topological polar surface area (TPSA) is 320 Å². The molecule has 18 nitrogen and oxygen atoms in total.